The molecule has 5 heteroatoms. The van der Waals surface area contributed by atoms with E-state index in [-0.39, 0.29) is 11.9 Å². The van der Waals surface area contributed by atoms with Gasteiger partial charge in [-0.15, -0.1) is 0 Å². The van der Waals surface area contributed by atoms with Crippen molar-refractivity contribution < 1.29 is 19.1 Å². The minimum absolute atomic E-state index is 0.310. The lowest BCUT2D eigenvalue weighted by molar-refractivity contribution is -0.149. The highest BCUT2D eigenvalue weighted by Gasteiger charge is 2.17. The molecule has 0 spiro atoms. The van der Waals surface area contributed by atoms with Crippen LogP contribution >= 0.6 is 0 Å². The molecule has 0 saturated carbocycles. The molecule has 0 unspecified atom stereocenters. The first kappa shape index (κ1) is 24.3. The van der Waals surface area contributed by atoms with Crippen LogP contribution in [0.15, 0.2) is 54.2 Å². The zero-order valence-electron chi connectivity index (χ0n) is 20.4. The lowest BCUT2D eigenvalue weighted by Crippen LogP contribution is -2.24. The van der Waals surface area contributed by atoms with Crippen molar-refractivity contribution in [1.29, 1.82) is 0 Å². The minimum Gasteiger partial charge on any atom is -0.465 e. The molecule has 0 amide bonds. The Morgan fingerprint density at radius 2 is 1.76 bits per heavy atom. The first-order chi connectivity index (χ1) is 15.6. The zero-order chi connectivity index (χ0) is 24.2. The molecule has 3 rings (SSSR count). The summed E-state index contributed by atoms with van der Waals surface area (Å²) in [6, 6.07) is 13.8. The van der Waals surface area contributed by atoms with Gasteiger partial charge in [-0.25, -0.2) is 9.59 Å². The Bertz CT molecular complexity index is 1180. The maximum atomic E-state index is 12.4. The number of fused-ring (bicyclic) bond motifs is 1. The number of benzene rings is 2. The molecule has 174 valence electrons. The molecule has 33 heavy (non-hydrogen) atoms. The molecule has 0 aliphatic heterocycles. The number of hydrogen-bond donors (Lipinski definition) is 0. The molecule has 0 radical (unpaired) electrons. The van der Waals surface area contributed by atoms with Gasteiger partial charge in [0.1, 0.15) is 5.60 Å². The second-order valence-electron chi connectivity index (χ2n) is 9.33. The van der Waals surface area contributed by atoms with Gasteiger partial charge in [-0.1, -0.05) is 37.6 Å². The van der Waals surface area contributed by atoms with Crippen molar-refractivity contribution >= 4 is 28.9 Å². The predicted molar refractivity (Wildman–Crippen MR) is 132 cm³/mol. The quantitative estimate of drug-likeness (QED) is 0.321. The number of aromatic nitrogens is 1. The summed E-state index contributed by atoms with van der Waals surface area (Å²) in [6.07, 6.45) is 6.13. The summed E-state index contributed by atoms with van der Waals surface area (Å²) in [5.41, 5.74) is 5.04. The SMILES string of the molecule is CCCc1cn(Cc2ccc(C(=O)OC)cc2)c2cc(/C=C(/C)C(=O)OC(C)(C)C)ccc12. The molecule has 0 N–H and O–H groups in total. The van der Waals surface area contributed by atoms with Crippen LogP contribution in [0.3, 0.4) is 0 Å². The van der Waals surface area contributed by atoms with E-state index in [1.54, 1.807) is 19.1 Å². The molecule has 3 aromatic rings. The molecular weight excluding hydrogens is 414 g/mol. The summed E-state index contributed by atoms with van der Waals surface area (Å²) >= 11 is 0. The number of aryl methyl sites for hydroxylation is 1. The first-order valence-electron chi connectivity index (χ1n) is 11.3. The third-order valence-corrected chi connectivity index (χ3v) is 5.34. The van der Waals surface area contributed by atoms with Gasteiger partial charge in [0.25, 0.3) is 0 Å². The maximum absolute atomic E-state index is 12.4. The Morgan fingerprint density at radius 1 is 1.06 bits per heavy atom. The van der Waals surface area contributed by atoms with Crippen LogP contribution in [0.25, 0.3) is 17.0 Å². The number of ether oxygens (including phenoxy) is 2. The van der Waals surface area contributed by atoms with Crippen LogP contribution in [0.4, 0.5) is 0 Å². The number of rotatable bonds is 7. The topological polar surface area (TPSA) is 57.5 Å². The van der Waals surface area contributed by atoms with Gasteiger partial charge in [0, 0.05) is 29.2 Å². The van der Waals surface area contributed by atoms with Crippen molar-refractivity contribution in [1.82, 2.24) is 4.57 Å². The fourth-order valence-electron chi connectivity index (χ4n) is 3.80. The summed E-state index contributed by atoms with van der Waals surface area (Å²) in [5, 5.41) is 1.22. The Kier molecular flexibility index (Phi) is 7.42. The molecule has 2 aromatic carbocycles. The van der Waals surface area contributed by atoms with Crippen LogP contribution in [0, 0.1) is 0 Å². The fraction of sp³-hybridized carbons (Fsp3) is 0.357. The highest BCUT2D eigenvalue weighted by atomic mass is 16.6. The van der Waals surface area contributed by atoms with Crippen LogP contribution in [-0.4, -0.2) is 29.2 Å². The number of carbonyl (C=O) groups excluding carboxylic acids is 2. The Labute approximate surface area is 196 Å². The zero-order valence-corrected chi connectivity index (χ0v) is 20.4. The third-order valence-electron chi connectivity index (χ3n) is 5.34. The molecular formula is C28H33NO4. The van der Waals surface area contributed by atoms with Crippen LogP contribution in [0.5, 0.6) is 0 Å². The Morgan fingerprint density at radius 3 is 2.36 bits per heavy atom. The van der Waals surface area contributed by atoms with E-state index in [1.807, 2.05) is 45.0 Å². The van der Waals surface area contributed by atoms with E-state index in [0.29, 0.717) is 17.7 Å². The largest absolute Gasteiger partial charge is 0.465 e. The molecule has 0 bridgehead atoms. The van der Waals surface area contributed by atoms with Crippen LogP contribution in [-0.2, 0) is 27.2 Å². The van der Waals surface area contributed by atoms with Crippen molar-refractivity contribution in [2.75, 3.05) is 7.11 Å². The van der Waals surface area contributed by atoms with E-state index in [9.17, 15) is 9.59 Å². The monoisotopic (exact) mass is 447 g/mol. The van der Waals surface area contributed by atoms with E-state index < -0.39 is 5.60 Å². The average molecular weight is 448 g/mol. The number of nitrogens with zero attached hydrogens (tertiary/aromatic N) is 1. The van der Waals surface area contributed by atoms with Gasteiger partial charge in [0.05, 0.1) is 12.7 Å². The smallest absolute Gasteiger partial charge is 0.337 e. The molecule has 0 aliphatic rings. The molecule has 5 nitrogen and oxygen atoms in total. The van der Waals surface area contributed by atoms with Gasteiger partial charge in [-0.2, -0.15) is 0 Å². The van der Waals surface area contributed by atoms with E-state index in [1.165, 1.54) is 18.1 Å². The summed E-state index contributed by atoms with van der Waals surface area (Å²) in [6.45, 7) is 10.2. The van der Waals surface area contributed by atoms with Gasteiger partial charge in [-0.3, -0.25) is 0 Å². The maximum Gasteiger partial charge on any atom is 0.337 e. The van der Waals surface area contributed by atoms with Gasteiger partial charge in [-0.05, 0) is 75.1 Å². The normalized spacial score (nSPS) is 12.1. The van der Waals surface area contributed by atoms with Crippen molar-refractivity contribution in [2.24, 2.45) is 0 Å². The molecule has 0 aliphatic carbocycles. The highest BCUT2D eigenvalue weighted by Crippen LogP contribution is 2.26. The summed E-state index contributed by atoms with van der Waals surface area (Å²) in [4.78, 5) is 24.1. The van der Waals surface area contributed by atoms with Gasteiger partial charge >= 0.3 is 11.9 Å². The molecule has 1 heterocycles. The van der Waals surface area contributed by atoms with E-state index in [2.05, 4.69) is 29.8 Å². The van der Waals surface area contributed by atoms with Gasteiger partial charge in [0.2, 0.25) is 0 Å². The van der Waals surface area contributed by atoms with Crippen molar-refractivity contribution in [3.05, 3.63) is 76.5 Å². The molecule has 1 aromatic heterocycles. The van der Waals surface area contributed by atoms with Crippen molar-refractivity contribution in [2.45, 2.75) is 59.6 Å². The lowest BCUT2D eigenvalue weighted by atomic mass is 10.1. The fourth-order valence-corrected chi connectivity index (χ4v) is 3.80. The molecule has 0 atom stereocenters. The van der Waals surface area contributed by atoms with Crippen LogP contribution in [0.2, 0.25) is 0 Å². The lowest BCUT2D eigenvalue weighted by Gasteiger charge is -2.19. The average Bonchev–Trinajstić information content (AvgIpc) is 3.09. The van der Waals surface area contributed by atoms with Crippen LogP contribution in [0.1, 0.15) is 68.1 Å². The number of methoxy groups -OCH3 is 1. The van der Waals surface area contributed by atoms with E-state index in [4.69, 9.17) is 9.47 Å². The Balaban J connectivity index is 1.95. The van der Waals surface area contributed by atoms with Crippen molar-refractivity contribution in [3.8, 4) is 0 Å². The summed E-state index contributed by atoms with van der Waals surface area (Å²) in [5.74, 6) is -0.648. The number of esters is 2. The van der Waals surface area contributed by atoms with Crippen molar-refractivity contribution in [3.63, 3.8) is 0 Å². The number of carbonyl (C=O) groups is 2. The van der Waals surface area contributed by atoms with E-state index in [0.717, 1.165) is 29.5 Å². The second-order valence-corrected chi connectivity index (χ2v) is 9.33. The molecule has 0 fully saturated rings. The summed E-state index contributed by atoms with van der Waals surface area (Å²) in [7, 11) is 1.38. The highest BCUT2D eigenvalue weighted by molar-refractivity contribution is 5.94. The standard InChI is InChI=1S/C28H33NO4/c1-7-8-23-18-29(17-20-9-12-22(13-10-20)27(31)32-6)25-16-21(11-14-24(23)25)15-19(2)26(30)33-28(3,4)5/h9-16,18H,7-8,17H2,1-6H3/b19-15-. The minimum atomic E-state index is -0.524. The molecule has 0 saturated heterocycles. The Hall–Kier alpha value is -3.34. The van der Waals surface area contributed by atoms with E-state index >= 15 is 0 Å². The predicted octanol–water partition coefficient (Wildman–Crippen LogP) is 6.17. The number of hydrogen-bond acceptors (Lipinski definition) is 4. The second kappa shape index (κ2) is 10.1. The van der Waals surface area contributed by atoms with Gasteiger partial charge in [0.15, 0.2) is 0 Å². The summed E-state index contributed by atoms with van der Waals surface area (Å²) < 4.78 is 12.5. The third kappa shape index (κ3) is 6.13. The van der Waals surface area contributed by atoms with Gasteiger partial charge < -0.3 is 14.0 Å². The van der Waals surface area contributed by atoms with Crippen LogP contribution < -0.4 is 0 Å². The first-order valence-corrected chi connectivity index (χ1v) is 11.3.